The Balaban J connectivity index is 0.938. The first-order valence-electron chi connectivity index (χ1n) is 24.6. The first-order valence-corrected chi connectivity index (χ1v) is 24.6. The quantitative estimate of drug-likeness (QED) is 0.176. The van der Waals surface area contributed by atoms with E-state index >= 15 is 0 Å². The van der Waals surface area contributed by atoms with Crippen LogP contribution in [0.1, 0.15) is 91.6 Å². The summed E-state index contributed by atoms with van der Waals surface area (Å²) in [5, 5.41) is 4.77. The van der Waals surface area contributed by atoms with Gasteiger partial charge in [0.05, 0.1) is 0 Å². The summed E-state index contributed by atoms with van der Waals surface area (Å²) < 4.78 is 13.3. The second-order valence-corrected chi connectivity index (χ2v) is 21.9. The third-order valence-corrected chi connectivity index (χ3v) is 16.6. The Morgan fingerprint density at radius 2 is 0.884 bits per heavy atom. The van der Waals surface area contributed by atoms with Crippen molar-refractivity contribution < 1.29 is 8.83 Å². The van der Waals surface area contributed by atoms with Crippen molar-refractivity contribution in [2.24, 2.45) is 0 Å². The number of fused-ring (bicyclic) bond motifs is 17. The van der Waals surface area contributed by atoms with Crippen molar-refractivity contribution in [2.75, 3.05) is 4.90 Å². The second kappa shape index (κ2) is 13.5. The molecule has 9 aromatic carbocycles. The van der Waals surface area contributed by atoms with Crippen LogP contribution in [-0.2, 0) is 16.2 Å². The van der Waals surface area contributed by atoms with Crippen molar-refractivity contribution in [3.8, 4) is 44.5 Å². The molecule has 0 unspecified atom stereocenters. The molecule has 0 atom stereocenters. The molecule has 3 aliphatic carbocycles. The molecule has 0 saturated carbocycles. The fourth-order valence-corrected chi connectivity index (χ4v) is 13.1. The van der Waals surface area contributed by atoms with Gasteiger partial charge in [-0.15, -0.1) is 0 Å². The van der Waals surface area contributed by atoms with Crippen molar-refractivity contribution in [2.45, 2.75) is 78.6 Å². The molecule has 0 radical (unpaired) electrons. The Morgan fingerprint density at radius 3 is 1.59 bits per heavy atom. The van der Waals surface area contributed by atoms with Crippen LogP contribution in [0.15, 0.2) is 167 Å². The number of furan rings is 2. The number of aryl methyl sites for hydroxylation is 3. The number of rotatable bonds is 4. The monoisotopic (exact) mass is 891 g/mol. The summed E-state index contributed by atoms with van der Waals surface area (Å²) in [6.45, 7) is 21.0. The van der Waals surface area contributed by atoms with E-state index in [-0.39, 0.29) is 16.2 Å². The van der Waals surface area contributed by atoms with Crippen LogP contribution in [0, 0.1) is 20.8 Å². The van der Waals surface area contributed by atoms with Crippen molar-refractivity contribution in [1.82, 2.24) is 0 Å². The molecule has 14 rings (SSSR count). The van der Waals surface area contributed by atoms with Gasteiger partial charge in [-0.3, -0.25) is 0 Å². The van der Waals surface area contributed by atoms with Crippen LogP contribution in [0.2, 0.25) is 0 Å². The van der Waals surface area contributed by atoms with E-state index < -0.39 is 0 Å². The van der Waals surface area contributed by atoms with Gasteiger partial charge < -0.3 is 13.7 Å². The molecule has 3 heteroatoms. The Labute approximate surface area is 403 Å². The molecule has 0 amide bonds. The molecular formula is C66H53NO2. The lowest BCUT2D eigenvalue weighted by Crippen LogP contribution is -2.18. The summed E-state index contributed by atoms with van der Waals surface area (Å²) in [5.41, 5.74) is 28.6. The summed E-state index contributed by atoms with van der Waals surface area (Å²) in [6, 6.07) is 59.3. The van der Waals surface area contributed by atoms with E-state index in [4.69, 9.17) is 8.83 Å². The Morgan fingerprint density at radius 1 is 0.348 bits per heavy atom. The fourth-order valence-electron chi connectivity index (χ4n) is 13.1. The maximum Gasteiger partial charge on any atom is 0.143 e. The summed E-state index contributed by atoms with van der Waals surface area (Å²) in [6.07, 6.45) is 0. The topological polar surface area (TPSA) is 29.5 Å². The SMILES string of the molecule is Cc1ccc(-c2cc3c(c4c2oc2ccccc24)-c2ccc(N(c4cc(C)cc(C)c4)c4ccc5c(c4)C(C)(C)c4cc6c(cc4-5)C(C)(C)c4ccc5oc7ccccc7c5c4-6)cc2C3(C)C)cc1. The van der Waals surface area contributed by atoms with Gasteiger partial charge in [0, 0.05) is 60.4 Å². The van der Waals surface area contributed by atoms with Crippen LogP contribution in [0.25, 0.3) is 88.4 Å². The third kappa shape index (κ3) is 5.39. The first-order chi connectivity index (χ1) is 33.2. The maximum absolute atomic E-state index is 6.82. The molecule has 11 aromatic rings. The molecule has 0 aliphatic heterocycles. The standard InChI is InChI=1S/C66H53NO2/c1-36-18-20-39(21-19-36)47-33-55-59(62-46-15-11-13-17-57(46)69-63(47)62)44-25-23-41(32-52(44)66(55,8)9)67(42-29-37(2)28-38(3)30-42)40-22-24-43-48-34-54-49(35-53(48)65(6,7)51(43)31-40)60-50(64(54,4)5)26-27-58-61(60)45-14-10-12-16-56(45)68-58/h10-35H,1-9H3. The van der Waals surface area contributed by atoms with E-state index in [1.165, 1.54) is 105 Å². The zero-order valence-corrected chi connectivity index (χ0v) is 40.8. The van der Waals surface area contributed by atoms with E-state index in [1.54, 1.807) is 0 Å². The van der Waals surface area contributed by atoms with Gasteiger partial charge in [0.1, 0.15) is 22.3 Å². The zero-order chi connectivity index (χ0) is 47.0. The van der Waals surface area contributed by atoms with Crippen molar-refractivity contribution in [3.05, 3.63) is 208 Å². The van der Waals surface area contributed by atoms with Crippen LogP contribution in [0.5, 0.6) is 0 Å². The number of nitrogens with zero attached hydrogens (tertiary/aromatic N) is 1. The van der Waals surface area contributed by atoms with E-state index in [1.807, 2.05) is 0 Å². The van der Waals surface area contributed by atoms with Crippen molar-refractivity contribution in [1.29, 1.82) is 0 Å². The molecule has 0 N–H and O–H groups in total. The lowest BCUT2D eigenvalue weighted by Gasteiger charge is -2.30. The highest BCUT2D eigenvalue weighted by atomic mass is 16.3. The molecule has 0 spiro atoms. The molecule has 2 aromatic heterocycles. The number of hydrogen-bond donors (Lipinski definition) is 0. The van der Waals surface area contributed by atoms with Crippen LogP contribution in [0.3, 0.4) is 0 Å². The average Bonchev–Trinajstić information content (AvgIpc) is 4.07. The van der Waals surface area contributed by atoms with Crippen LogP contribution >= 0.6 is 0 Å². The van der Waals surface area contributed by atoms with Gasteiger partial charge in [0.25, 0.3) is 0 Å². The minimum Gasteiger partial charge on any atom is -0.456 e. The molecular weight excluding hydrogens is 839 g/mol. The third-order valence-electron chi connectivity index (χ3n) is 16.6. The highest BCUT2D eigenvalue weighted by Gasteiger charge is 2.44. The highest BCUT2D eigenvalue weighted by Crippen LogP contribution is 2.60. The Hall–Kier alpha value is -7.62. The molecule has 0 bridgehead atoms. The van der Waals surface area contributed by atoms with E-state index in [2.05, 4.69) is 225 Å². The number of benzene rings is 9. The minimum absolute atomic E-state index is 0.168. The minimum atomic E-state index is -0.288. The molecule has 0 fully saturated rings. The van der Waals surface area contributed by atoms with Gasteiger partial charge in [-0.05, 0) is 177 Å². The lowest BCUT2D eigenvalue weighted by molar-refractivity contribution is 0.651. The fraction of sp³-hybridized carbons (Fsp3) is 0.182. The van der Waals surface area contributed by atoms with Crippen LogP contribution in [-0.4, -0.2) is 0 Å². The lowest BCUT2D eigenvalue weighted by atomic mass is 9.79. The van der Waals surface area contributed by atoms with Gasteiger partial charge in [-0.25, -0.2) is 0 Å². The zero-order valence-electron chi connectivity index (χ0n) is 40.8. The van der Waals surface area contributed by atoms with Crippen molar-refractivity contribution in [3.63, 3.8) is 0 Å². The predicted molar refractivity (Wildman–Crippen MR) is 288 cm³/mol. The number of para-hydroxylation sites is 2. The van der Waals surface area contributed by atoms with E-state index in [0.717, 1.165) is 50.3 Å². The maximum atomic E-state index is 6.82. The summed E-state index contributed by atoms with van der Waals surface area (Å²) in [7, 11) is 0. The van der Waals surface area contributed by atoms with Gasteiger partial charge in [0.2, 0.25) is 0 Å². The largest absolute Gasteiger partial charge is 0.456 e. The normalized spacial score (nSPS) is 15.4. The van der Waals surface area contributed by atoms with Crippen molar-refractivity contribution >= 4 is 60.9 Å². The highest BCUT2D eigenvalue weighted by molar-refractivity contribution is 6.19. The van der Waals surface area contributed by atoms with E-state index in [9.17, 15) is 0 Å². The first kappa shape index (κ1) is 40.4. The number of hydrogen-bond acceptors (Lipinski definition) is 3. The van der Waals surface area contributed by atoms with E-state index in [0.29, 0.717) is 0 Å². The van der Waals surface area contributed by atoms with Gasteiger partial charge in [-0.2, -0.15) is 0 Å². The molecule has 3 nitrogen and oxygen atoms in total. The average molecular weight is 892 g/mol. The molecule has 334 valence electrons. The van der Waals surface area contributed by atoms with Gasteiger partial charge in [0.15, 0.2) is 0 Å². The molecule has 0 saturated heterocycles. The summed E-state index contributed by atoms with van der Waals surface area (Å²) in [4.78, 5) is 2.50. The Kier molecular flexibility index (Phi) is 7.94. The van der Waals surface area contributed by atoms with Gasteiger partial charge >= 0.3 is 0 Å². The molecule has 2 heterocycles. The van der Waals surface area contributed by atoms with Crippen LogP contribution < -0.4 is 4.90 Å². The molecule has 3 aliphatic rings. The smallest absolute Gasteiger partial charge is 0.143 e. The summed E-state index contributed by atoms with van der Waals surface area (Å²) >= 11 is 0. The molecule has 69 heavy (non-hydrogen) atoms. The van der Waals surface area contributed by atoms with Gasteiger partial charge in [-0.1, -0.05) is 132 Å². The second-order valence-electron chi connectivity index (χ2n) is 21.9. The van der Waals surface area contributed by atoms with Crippen LogP contribution in [0.4, 0.5) is 17.1 Å². The Bertz CT molecular complexity index is 4050. The number of anilines is 3. The summed E-state index contributed by atoms with van der Waals surface area (Å²) in [5.74, 6) is 0. The predicted octanol–water partition coefficient (Wildman–Crippen LogP) is 18.5.